The molecule has 0 bridgehead atoms. The summed E-state index contributed by atoms with van der Waals surface area (Å²) in [6.45, 7) is 3.17. The van der Waals surface area contributed by atoms with E-state index in [0.29, 0.717) is 19.0 Å². The molecule has 1 aliphatic rings. The lowest BCUT2D eigenvalue weighted by Gasteiger charge is -2.36. The predicted octanol–water partition coefficient (Wildman–Crippen LogP) is 3.13. The Morgan fingerprint density at radius 2 is 1.66 bits per heavy atom. The average molecular weight is 410 g/mol. The van der Waals surface area contributed by atoms with Gasteiger partial charge in [-0.1, -0.05) is 36.4 Å². The zero-order valence-corrected chi connectivity index (χ0v) is 16.8. The second kappa shape index (κ2) is 8.91. The normalized spacial score (nSPS) is 14.1. The molecule has 0 N–H and O–H groups in total. The number of piperazine rings is 1. The molecule has 0 atom stereocenters. The van der Waals surface area contributed by atoms with Crippen molar-refractivity contribution in [2.24, 2.45) is 0 Å². The Morgan fingerprint density at radius 3 is 2.34 bits per heavy atom. The maximum atomic E-state index is 12.7. The van der Waals surface area contributed by atoms with Crippen molar-refractivity contribution >= 4 is 23.8 Å². The summed E-state index contributed by atoms with van der Waals surface area (Å²) in [5.41, 5.74) is 1.18. The molecule has 1 amide bonds. The van der Waals surface area contributed by atoms with Gasteiger partial charge in [0.1, 0.15) is 12.3 Å². The fraction of sp³-hybridized carbons (Fsp3) is 0.286. The first-order valence-corrected chi connectivity index (χ1v) is 9.92. The summed E-state index contributed by atoms with van der Waals surface area (Å²) in [5, 5.41) is 4.29. The number of carbonyl (C=O) groups excluding carboxylic acids is 1. The highest BCUT2D eigenvalue weighted by atomic mass is 32.1. The molecule has 0 aliphatic carbocycles. The summed E-state index contributed by atoms with van der Waals surface area (Å²) in [4.78, 5) is 17.0. The number of para-hydroxylation sites is 2. The monoisotopic (exact) mass is 410 g/mol. The second-order valence-corrected chi connectivity index (χ2v) is 7.07. The van der Waals surface area contributed by atoms with E-state index in [4.69, 9.17) is 21.4 Å². The van der Waals surface area contributed by atoms with Gasteiger partial charge in [0.05, 0.1) is 0 Å². The second-order valence-electron chi connectivity index (χ2n) is 6.72. The fourth-order valence-corrected chi connectivity index (χ4v) is 3.45. The van der Waals surface area contributed by atoms with Crippen molar-refractivity contribution in [3.63, 3.8) is 0 Å². The molecule has 8 heteroatoms. The molecule has 7 nitrogen and oxygen atoms in total. The molecule has 3 aromatic rings. The average Bonchev–Trinajstić information content (AvgIpc) is 3.13. The minimum Gasteiger partial charge on any atom is -0.484 e. The summed E-state index contributed by atoms with van der Waals surface area (Å²) in [6.07, 6.45) is 0. The SMILES string of the molecule is O=C(Cn1nc(COc2ccccc2)oc1=S)N1CCN(c2ccccc2)CC1. The van der Waals surface area contributed by atoms with Gasteiger partial charge in [0.2, 0.25) is 5.91 Å². The van der Waals surface area contributed by atoms with E-state index in [1.807, 2.05) is 53.4 Å². The highest BCUT2D eigenvalue weighted by Crippen LogP contribution is 2.16. The first-order valence-electron chi connectivity index (χ1n) is 9.51. The van der Waals surface area contributed by atoms with Crippen LogP contribution < -0.4 is 9.64 Å². The highest BCUT2D eigenvalue weighted by Gasteiger charge is 2.22. The standard InChI is InChI=1S/C21H22N4O3S/c26-20(24-13-11-23(12-14-24)17-7-3-1-4-8-17)15-25-21(29)28-19(22-25)16-27-18-9-5-2-6-10-18/h1-10H,11-16H2. The number of hydrogen-bond donors (Lipinski definition) is 0. The molecule has 4 rings (SSSR count). The number of aromatic nitrogens is 2. The lowest BCUT2D eigenvalue weighted by molar-refractivity contribution is -0.132. The van der Waals surface area contributed by atoms with Gasteiger partial charge in [-0.25, -0.2) is 4.68 Å². The van der Waals surface area contributed by atoms with Gasteiger partial charge >= 0.3 is 0 Å². The summed E-state index contributed by atoms with van der Waals surface area (Å²) < 4.78 is 12.5. The maximum Gasteiger partial charge on any atom is 0.287 e. The Morgan fingerprint density at radius 1 is 1.00 bits per heavy atom. The number of hydrogen-bond acceptors (Lipinski definition) is 6. The number of carbonyl (C=O) groups is 1. The van der Waals surface area contributed by atoms with Crippen LogP contribution in [0.25, 0.3) is 0 Å². The number of anilines is 1. The molecule has 0 spiro atoms. The van der Waals surface area contributed by atoms with Crippen LogP contribution in [0.2, 0.25) is 0 Å². The zero-order valence-electron chi connectivity index (χ0n) is 15.9. The lowest BCUT2D eigenvalue weighted by Crippen LogP contribution is -2.49. The Balaban J connectivity index is 1.31. The molecule has 0 radical (unpaired) electrons. The van der Waals surface area contributed by atoms with Gasteiger partial charge in [-0.05, 0) is 36.5 Å². The number of amides is 1. The van der Waals surface area contributed by atoms with Gasteiger partial charge in [0, 0.05) is 31.9 Å². The summed E-state index contributed by atoms with van der Waals surface area (Å²) in [5.74, 6) is 1.05. The third kappa shape index (κ3) is 4.83. The van der Waals surface area contributed by atoms with Crippen LogP contribution in [-0.4, -0.2) is 46.8 Å². The van der Waals surface area contributed by atoms with Crippen molar-refractivity contribution in [2.75, 3.05) is 31.1 Å². The van der Waals surface area contributed by atoms with Crippen LogP contribution in [0.1, 0.15) is 5.89 Å². The van der Waals surface area contributed by atoms with Gasteiger partial charge in [0.25, 0.3) is 10.7 Å². The quantitative estimate of drug-likeness (QED) is 0.582. The van der Waals surface area contributed by atoms with Gasteiger partial charge in [-0.15, -0.1) is 5.10 Å². The molecule has 2 aromatic carbocycles. The van der Waals surface area contributed by atoms with Crippen molar-refractivity contribution < 1.29 is 13.9 Å². The third-order valence-corrected chi connectivity index (χ3v) is 5.09. The molecule has 1 aromatic heterocycles. The summed E-state index contributed by atoms with van der Waals surface area (Å²) in [6, 6.07) is 19.6. The fourth-order valence-electron chi connectivity index (χ4n) is 3.25. The minimum atomic E-state index is -0.0161. The van der Waals surface area contributed by atoms with Crippen LogP contribution in [0.5, 0.6) is 5.75 Å². The van der Waals surface area contributed by atoms with E-state index in [1.54, 1.807) is 0 Å². The van der Waals surface area contributed by atoms with Crippen LogP contribution in [0.15, 0.2) is 65.1 Å². The topological polar surface area (TPSA) is 63.7 Å². The van der Waals surface area contributed by atoms with Crippen LogP contribution in [0, 0.1) is 4.84 Å². The molecule has 2 heterocycles. The molecule has 29 heavy (non-hydrogen) atoms. The Kier molecular flexibility index (Phi) is 5.90. The van der Waals surface area contributed by atoms with E-state index in [2.05, 4.69) is 22.1 Å². The summed E-state index contributed by atoms with van der Waals surface area (Å²) >= 11 is 5.21. The number of nitrogens with zero attached hydrogens (tertiary/aromatic N) is 4. The van der Waals surface area contributed by atoms with Crippen LogP contribution >= 0.6 is 12.2 Å². The number of ether oxygens (including phenoxy) is 1. The zero-order chi connectivity index (χ0) is 20.1. The number of rotatable bonds is 6. The first-order chi connectivity index (χ1) is 14.2. The van der Waals surface area contributed by atoms with E-state index in [0.717, 1.165) is 18.8 Å². The maximum absolute atomic E-state index is 12.7. The predicted molar refractivity (Wildman–Crippen MR) is 111 cm³/mol. The van der Waals surface area contributed by atoms with Crippen molar-refractivity contribution in [1.29, 1.82) is 0 Å². The van der Waals surface area contributed by atoms with Crippen LogP contribution in [-0.2, 0) is 17.9 Å². The Hall–Kier alpha value is -3.13. The molecule has 0 unspecified atom stereocenters. The molecule has 1 saturated heterocycles. The third-order valence-electron chi connectivity index (χ3n) is 4.79. The molecular formula is C21H22N4O3S. The molecule has 1 fully saturated rings. The van der Waals surface area contributed by atoms with Crippen molar-refractivity contribution in [3.05, 3.63) is 71.4 Å². The largest absolute Gasteiger partial charge is 0.484 e. The molecule has 1 aliphatic heterocycles. The van der Waals surface area contributed by atoms with Gasteiger partial charge in [0.15, 0.2) is 6.61 Å². The molecule has 150 valence electrons. The number of benzene rings is 2. The van der Waals surface area contributed by atoms with Gasteiger partial charge in [-0.2, -0.15) is 0 Å². The van der Waals surface area contributed by atoms with E-state index in [9.17, 15) is 4.79 Å². The van der Waals surface area contributed by atoms with E-state index in [-0.39, 0.29) is 23.9 Å². The highest BCUT2D eigenvalue weighted by molar-refractivity contribution is 7.71. The van der Waals surface area contributed by atoms with Gasteiger partial charge in [-0.3, -0.25) is 4.79 Å². The van der Waals surface area contributed by atoms with Crippen molar-refractivity contribution in [1.82, 2.24) is 14.7 Å². The minimum absolute atomic E-state index is 0.0161. The molecular weight excluding hydrogens is 388 g/mol. The van der Waals surface area contributed by atoms with Crippen LogP contribution in [0.4, 0.5) is 5.69 Å². The van der Waals surface area contributed by atoms with Crippen LogP contribution in [0.3, 0.4) is 0 Å². The van der Waals surface area contributed by atoms with Crippen molar-refractivity contribution in [2.45, 2.75) is 13.2 Å². The lowest BCUT2D eigenvalue weighted by atomic mass is 10.2. The van der Waals surface area contributed by atoms with E-state index < -0.39 is 0 Å². The Bertz CT molecular complexity index is 996. The van der Waals surface area contributed by atoms with E-state index in [1.165, 1.54) is 10.4 Å². The molecule has 0 saturated carbocycles. The smallest absolute Gasteiger partial charge is 0.287 e. The first kappa shape index (κ1) is 19.2. The van der Waals surface area contributed by atoms with Crippen molar-refractivity contribution in [3.8, 4) is 5.75 Å². The Labute approximate surface area is 174 Å². The van der Waals surface area contributed by atoms with Gasteiger partial charge < -0.3 is 19.0 Å². The summed E-state index contributed by atoms with van der Waals surface area (Å²) in [7, 11) is 0. The van der Waals surface area contributed by atoms with E-state index >= 15 is 0 Å².